The van der Waals surface area contributed by atoms with Crippen molar-refractivity contribution >= 4 is 16.5 Å². The van der Waals surface area contributed by atoms with Gasteiger partial charge in [0.15, 0.2) is 0 Å². The molecule has 4 nitrogen and oxygen atoms in total. The zero-order valence-corrected chi connectivity index (χ0v) is 12.0. The molecule has 1 aromatic heterocycles. The molecular formula is C14H15FN2O2S. The highest BCUT2D eigenvalue weighted by atomic mass is 32.2. The lowest BCUT2D eigenvalue weighted by Gasteiger charge is -2.07. The molecule has 0 saturated heterocycles. The van der Waals surface area contributed by atoms with Crippen molar-refractivity contribution in [2.24, 2.45) is 0 Å². The van der Waals surface area contributed by atoms with Gasteiger partial charge in [0.2, 0.25) is 0 Å². The number of hydrogen-bond acceptors (Lipinski definition) is 4. The molecule has 2 N–H and O–H groups in total. The second-order valence-corrected chi connectivity index (χ2v) is 5.74. The maximum absolute atomic E-state index is 13.7. The van der Waals surface area contributed by atoms with Crippen molar-refractivity contribution in [3.05, 3.63) is 47.5 Å². The first-order chi connectivity index (χ1) is 9.49. The molecular weight excluding hydrogens is 279 g/mol. The molecule has 0 fully saturated rings. The molecule has 106 valence electrons. The Morgan fingerprint density at radius 1 is 1.35 bits per heavy atom. The highest BCUT2D eigenvalue weighted by Crippen LogP contribution is 2.20. The van der Waals surface area contributed by atoms with Crippen molar-refractivity contribution in [1.29, 1.82) is 0 Å². The van der Waals surface area contributed by atoms with Crippen molar-refractivity contribution in [2.45, 2.75) is 17.6 Å². The summed E-state index contributed by atoms with van der Waals surface area (Å²) in [6, 6.07) is 7.60. The first-order valence-corrected chi connectivity index (χ1v) is 7.26. The van der Waals surface area contributed by atoms with Gasteiger partial charge in [0.1, 0.15) is 11.6 Å². The van der Waals surface area contributed by atoms with E-state index in [2.05, 4.69) is 4.98 Å². The van der Waals surface area contributed by atoms with Crippen LogP contribution in [-0.2, 0) is 16.6 Å². The molecule has 0 amide bonds. The molecule has 0 spiro atoms. The molecule has 1 heterocycles. The summed E-state index contributed by atoms with van der Waals surface area (Å²) in [5.74, 6) is 0.198. The number of hydrogen-bond donors (Lipinski definition) is 1. The van der Waals surface area contributed by atoms with Gasteiger partial charge in [-0.1, -0.05) is 0 Å². The summed E-state index contributed by atoms with van der Waals surface area (Å²) in [6.45, 7) is 1.82. The van der Waals surface area contributed by atoms with Gasteiger partial charge in [0, 0.05) is 23.5 Å². The molecule has 6 heteroatoms. The van der Waals surface area contributed by atoms with Crippen LogP contribution in [0.5, 0.6) is 5.75 Å². The number of aryl methyl sites for hydroxylation is 1. The summed E-state index contributed by atoms with van der Waals surface area (Å²) in [5.41, 5.74) is 7.13. The average Bonchev–Trinajstić information content (AvgIpc) is 2.37. The van der Waals surface area contributed by atoms with Gasteiger partial charge in [-0.25, -0.2) is 4.39 Å². The van der Waals surface area contributed by atoms with Crippen LogP contribution in [0.1, 0.15) is 11.4 Å². The van der Waals surface area contributed by atoms with E-state index in [0.29, 0.717) is 17.1 Å². The molecule has 2 aromatic rings. The molecule has 0 aliphatic rings. The topological polar surface area (TPSA) is 65.2 Å². The molecule has 1 aromatic carbocycles. The number of nitrogens with zero attached hydrogens (tertiary/aromatic N) is 1. The number of nitrogen functional groups attached to an aromatic ring is 1. The standard InChI is InChI=1S/C14H15FN2O2S/c1-9-5-12(19-2)7-11(17-9)8-20(18)14-4-3-10(16)6-13(14)15/h3-7H,8,16H2,1-2H3. The van der Waals surface area contributed by atoms with Crippen LogP contribution in [0.15, 0.2) is 35.2 Å². The molecule has 0 saturated carbocycles. The van der Waals surface area contributed by atoms with Gasteiger partial charge >= 0.3 is 0 Å². The number of methoxy groups -OCH3 is 1. The summed E-state index contributed by atoms with van der Waals surface area (Å²) in [5, 5.41) is 0. The Bertz CT molecular complexity index is 662. The van der Waals surface area contributed by atoms with Gasteiger partial charge in [-0.15, -0.1) is 0 Å². The van der Waals surface area contributed by atoms with Gasteiger partial charge in [0.25, 0.3) is 0 Å². The SMILES string of the molecule is COc1cc(C)nc(CS(=O)c2ccc(N)cc2F)c1. The van der Waals surface area contributed by atoms with Gasteiger partial charge in [-0.2, -0.15) is 0 Å². The van der Waals surface area contributed by atoms with Crippen LogP contribution in [0.2, 0.25) is 0 Å². The maximum atomic E-state index is 13.7. The van der Waals surface area contributed by atoms with Crippen LogP contribution in [0.4, 0.5) is 10.1 Å². The number of ether oxygens (including phenoxy) is 1. The largest absolute Gasteiger partial charge is 0.497 e. The van der Waals surface area contributed by atoms with E-state index in [4.69, 9.17) is 10.5 Å². The summed E-state index contributed by atoms with van der Waals surface area (Å²) in [7, 11) is 0.0294. The zero-order valence-electron chi connectivity index (χ0n) is 11.2. The Labute approximate surface area is 119 Å². The molecule has 0 radical (unpaired) electrons. The molecule has 0 aliphatic carbocycles. The number of halogens is 1. The van der Waals surface area contributed by atoms with Crippen molar-refractivity contribution in [2.75, 3.05) is 12.8 Å². The highest BCUT2D eigenvalue weighted by Gasteiger charge is 2.12. The Kier molecular flexibility index (Phi) is 4.34. The number of aromatic nitrogens is 1. The average molecular weight is 294 g/mol. The van der Waals surface area contributed by atoms with Crippen LogP contribution >= 0.6 is 0 Å². The van der Waals surface area contributed by atoms with Crippen LogP contribution in [-0.4, -0.2) is 16.3 Å². The van der Waals surface area contributed by atoms with E-state index < -0.39 is 16.6 Å². The smallest absolute Gasteiger partial charge is 0.141 e. The monoisotopic (exact) mass is 294 g/mol. The summed E-state index contributed by atoms with van der Waals surface area (Å²) < 4.78 is 31.0. The predicted molar refractivity (Wildman–Crippen MR) is 76.5 cm³/mol. The van der Waals surface area contributed by atoms with E-state index in [1.807, 2.05) is 6.92 Å². The van der Waals surface area contributed by atoms with Crippen LogP contribution < -0.4 is 10.5 Å². The normalized spacial score (nSPS) is 12.2. The van der Waals surface area contributed by atoms with Crippen molar-refractivity contribution in [3.8, 4) is 5.75 Å². The van der Waals surface area contributed by atoms with Crippen LogP contribution in [0, 0.1) is 12.7 Å². The number of nitrogens with two attached hydrogens (primary N) is 1. The van der Waals surface area contributed by atoms with E-state index in [9.17, 15) is 8.60 Å². The first kappa shape index (κ1) is 14.5. The molecule has 2 rings (SSSR count). The van der Waals surface area contributed by atoms with Crippen molar-refractivity contribution in [3.63, 3.8) is 0 Å². The fraction of sp³-hybridized carbons (Fsp3) is 0.214. The lowest BCUT2D eigenvalue weighted by Crippen LogP contribution is -2.03. The fourth-order valence-corrected chi connectivity index (χ4v) is 2.88. The maximum Gasteiger partial charge on any atom is 0.141 e. The minimum Gasteiger partial charge on any atom is -0.497 e. The van der Waals surface area contributed by atoms with Crippen molar-refractivity contribution in [1.82, 2.24) is 4.98 Å². The van der Waals surface area contributed by atoms with Crippen LogP contribution in [0.25, 0.3) is 0 Å². The minimum absolute atomic E-state index is 0.124. The summed E-state index contributed by atoms with van der Waals surface area (Å²) in [6.07, 6.45) is 0. The zero-order chi connectivity index (χ0) is 14.7. The van der Waals surface area contributed by atoms with Gasteiger partial charge in [-0.05, 0) is 25.1 Å². The van der Waals surface area contributed by atoms with Gasteiger partial charge < -0.3 is 10.5 Å². The summed E-state index contributed by atoms with van der Waals surface area (Å²) in [4.78, 5) is 4.40. The Balaban J connectivity index is 2.25. The molecule has 20 heavy (non-hydrogen) atoms. The Morgan fingerprint density at radius 2 is 2.10 bits per heavy atom. The number of pyridine rings is 1. The van der Waals surface area contributed by atoms with E-state index in [1.54, 1.807) is 19.2 Å². The minimum atomic E-state index is -1.52. The van der Waals surface area contributed by atoms with E-state index in [-0.39, 0.29) is 10.6 Å². The molecule has 0 aliphatic heterocycles. The third-order valence-corrected chi connectivity index (χ3v) is 4.08. The Morgan fingerprint density at radius 3 is 2.75 bits per heavy atom. The lowest BCUT2D eigenvalue weighted by molar-refractivity contribution is 0.413. The predicted octanol–water partition coefficient (Wildman–Crippen LogP) is 2.43. The lowest BCUT2D eigenvalue weighted by atomic mass is 10.3. The summed E-state index contributed by atoms with van der Waals surface area (Å²) >= 11 is 0. The number of anilines is 1. The Hall–Kier alpha value is -1.95. The first-order valence-electron chi connectivity index (χ1n) is 5.94. The van der Waals surface area contributed by atoms with E-state index in [0.717, 1.165) is 11.8 Å². The van der Waals surface area contributed by atoms with Gasteiger partial charge in [0.05, 0.1) is 34.3 Å². The third kappa shape index (κ3) is 3.33. The molecule has 0 bridgehead atoms. The quantitative estimate of drug-likeness (QED) is 0.880. The second-order valence-electron chi connectivity index (χ2n) is 4.32. The molecule has 1 unspecified atom stereocenters. The van der Waals surface area contributed by atoms with Crippen LogP contribution in [0.3, 0.4) is 0 Å². The second kappa shape index (κ2) is 6.00. The molecule has 1 atom stereocenters. The van der Waals surface area contributed by atoms with Gasteiger partial charge in [-0.3, -0.25) is 9.19 Å². The van der Waals surface area contributed by atoms with E-state index in [1.165, 1.54) is 12.1 Å². The third-order valence-electron chi connectivity index (χ3n) is 2.70. The highest BCUT2D eigenvalue weighted by molar-refractivity contribution is 7.84. The fourth-order valence-electron chi connectivity index (χ4n) is 1.81. The number of benzene rings is 1. The van der Waals surface area contributed by atoms with Crippen molar-refractivity contribution < 1.29 is 13.3 Å². The van der Waals surface area contributed by atoms with E-state index >= 15 is 0 Å². The number of rotatable bonds is 4.